The third-order valence-electron chi connectivity index (χ3n) is 7.82. The summed E-state index contributed by atoms with van der Waals surface area (Å²) in [6, 6.07) is 13.9. The molecule has 2 aliphatic heterocycles. The first-order chi connectivity index (χ1) is 17.7. The minimum absolute atomic E-state index is 0.246. The van der Waals surface area contributed by atoms with Crippen molar-refractivity contribution in [3.63, 3.8) is 0 Å². The van der Waals surface area contributed by atoms with Crippen molar-refractivity contribution in [2.75, 3.05) is 39.9 Å². The summed E-state index contributed by atoms with van der Waals surface area (Å²) >= 11 is 0. The lowest BCUT2D eigenvalue weighted by Crippen LogP contribution is -2.46. The fourth-order valence-electron chi connectivity index (χ4n) is 5.45. The van der Waals surface area contributed by atoms with Gasteiger partial charge in [0.25, 0.3) is 0 Å². The van der Waals surface area contributed by atoms with Crippen molar-refractivity contribution < 1.29 is 27.4 Å². The summed E-state index contributed by atoms with van der Waals surface area (Å²) in [5.74, 6) is 0.246. The Balaban J connectivity index is 1.34. The summed E-state index contributed by atoms with van der Waals surface area (Å²) in [4.78, 5) is 16.0. The van der Waals surface area contributed by atoms with Gasteiger partial charge in [-0.2, -0.15) is 13.2 Å². The lowest BCUT2D eigenvalue weighted by molar-refractivity contribution is -0.137. The second-order valence-electron chi connectivity index (χ2n) is 9.79. The number of likely N-dealkylation sites (tertiary alicyclic amines) is 2. The molecule has 2 aromatic carbocycles. The molecule has 2 saturated heterocycles. The van der Waals surface area contributed by atoms with Crippen LogP contribution in [0, 0.1) is 0 Å². The molecule has 2 aliphatic rings. The minimum atomic E-state index is -4.31. The van der Waals surface area contributed by atoms with Crippen LogP contribution in [0.5, 0.6) is 0 Å². The van der Waals surface area contributed by atoms with Gasteiger partial charge in [-0.15, -0.1) is 0 Å². The smallest absolute Gasteiger partial charge is 0.416 e. The van der Waals surface area contributed by atoms with Gasteiger partial charge in [-0.1, -0.05) is 43.0 Å². The van der Waals surface area contributed by atoms with Gasteiger partial charge in [0.1, 0.15) is 0 Å². The summed E-state index contributed by atoms with van der Waals surface area (Å²) in [6.45, 7) is 9.25. The van der Waals surface area contributed by atoms with E-state index in [1.165, 1.54) is 12.1 Å². The number of nitrogens with zero attached hydrogens (tertiary/aromatic N) is 2. The highest BCUT2D eigenvalue weighted by atomic mass is 19.4. The highest BCUT2D eigenvalue weighted by molar-refractivity contribution is 5.67. The third kappa shape index (κ3) is 5.95. The number of carbonyl (C=O) groups is 1. The van der Waals surface area contributed by atoms with E-state index in [4.69, 9.17) is 9.47 Å². The Labute approximate surface area is 216 Å². The van der Waals surface area contributed by atoms with Crippen LogP contribution in [-0.2, 0) is 21.3 Å². The minimum Gasteiger partial charge on any atom is -0.450 e. The fraction of sp³-hybridized carbons (Fsp3) is 0.483. The topological polar surface area (TPSA) is 42.0 Å². The average Bonchev–Trinajstić information content (AvgIpc) is 2.92. The molecule has 0 spiro atoms. The molecule has 37 heavy (non-hydrogen) atoms. The second-order valence-corrected chi connectivity index (χ2v) is 9.79. The molecular weight excluding hydrogens is 481 g/mol. The number of hydrogen-bond acceptors (Lipinski definition) is 4. The summed E-state index contributed by atoms with van der Waals surface area (Å²) in [5.41, 5.74) is 2.97. The zero-order valence-electron chi connectivity index (χ0n) is 21.5. The largest absolute Gasteiger partial charge is 0.450 e. The summed E-state index contributed by atoms with van der Waals surface area (Å²) in [7, 11) is 1.72. The van der Waals surface area contributed by atoms with Crippen molar-refractivity contribution in [2.24, 2.45) is 0 Å². The van der Waals surface area contributed by atoms with Gasteiger partial charge in [0.2, 0.25) is 0 Å². The molecule has 200 valence electrons. The first kappa shape index (κ1) is 27.0. The summed E-state index contributed by atoms with van der Waals surface area (Å²) in [6.07, 6.45) is -1.46. The molecule has 2 heterocycles. The van der Waals surface area contributed by atoms with Gasteiger partial charge in [-0.25, -0.2) is 4.79 Å². The third-order valence-corrected chi connectivity index (χ3v) is 7.82. The Hall–Kier alpha value is -3.00. The predicted molar refractivity (Wildman–Crippen MR) is 137 cm³/mol. The van der Waals surface area contributed by atoms with E-state index in [1.807, 2.05) is 0 Å². The normalized spacial score (nSPS) is 18.5. The molecule has 0 aliphatic carbocycles. The van der Waals surface area contributed by atoms with E-state index >= 15 is 0 Å². The van der Waals surface area contributed by atoms with Gasteiger partial charge in [0.15, 0.2) is 0 Å². The molecule has 8 heteroatoms. The number of amides is 1. The zero-order valence-corrected chi connectivity index (χ0v) is 21.5. The van der Waals surface area contributed by atoms with E-state index in [9.17, 15) is 18.0 Å². The molecular formula is C29H35F3N2O3. The zero-order chi connectivity index (χ0) is 26.6. The number of rotatable bonds is 6. The maximum Gasteiger partial charge on any atom is 0.416 e. The van der Waals surface area contributed by atoms with E-state index in [-0.39, 0.29) is 12.0 Å². The maximum absolute atomic E-state index is 12.9. The van der Waals surface area contributed by atoms with Crippen LogP contribution < -0.4 is 0 Å². The quantitative estimate of drug-likeness (QED) is 0.431. The van der Waals surface area contributed by atoms with Crippen LogP contribution in [0.2, 0.25) is 0 Å². The highest BCUT2D eigenvalue weighted by Crippen LogP contribution is 2.38. The first-order valence-corrected chi connectivity index (χ1v) is 12.9. The van der Waals surface area contributed by atoms with Crippen molar-refractivity contribution in [1.29, 1.82) is 0 Å². The predicted octanol–water partition coefficient (Wildman–Crippen LogP) is 6.65. The maximum atomic E-state index is 12.9. The van der Waals surface area contributed by atoms with Gasteiger partial charge in [-0.05, 0) is 67.3 Å². The summed E-state index contributed by atoms with van der Waals surface area (Å²) < 4.78 is 49.7. The average molecular weight is 517 g/mol. The molecule has 0 radical (unpaired) electrons. The van der Waals surface area contributed by atoms with E-state index in [0.717, 1.165) is 48.3 Å². The number of hydrogen-bond donors (Lipinski definition) is 0. The van der Waals surface area contributed by atoms with Gasteiger partial charge >= 0.3 is 12.3 Å². The van der Waals surface area contributed by atoms with Crippen molar-refractivity contribution in [1.82, 2.24) is 9.80 Å². The Bertz CT molecular complexity index is 1070. The van der Waals surface area contributed by atoms with Gasteiger partial charge in [0.05, 0.1) is 17.8 Å². The molecule has 0 N–H and O–H groups in total. The number of halogens is 3. The Morgan fingerprint density at radius 2 is 1.57 bits per heavy atom. The van der Waals surface area contributed by atoms with Crippen molar-refractivity contribution in [3.8, 4) is 0 Å². The SMILES string of the molecule is C=C(c1ccc(C2(OC)CCN(C(=O)OCC)CC2)cc1)N1CCC(c2ccc(C(F)(F)F)cc2)CC1. The number of benzene rings is 2. The molecule has 0 atom stereocenters. The molecule has 0 saturated carbocycles. The highest BCUT2D eigenvalue weighted by Gasteiger charge is 2.38. The molecule has 2 fully saturated rings. The number of alkyl halides is 3. The van der Waals surface area contributed by atoms with Crippen LogP contribution >= 0.6 is 0 Å². The van der Waals surface area contributed by atoms with Gasteiger partial charge in [0, 0.05) is 39.0 Å². The Morgan fingerprint density at radius 3 is 2.08 bits per heavy atom. The number of carbonyl (C=O) groups excluding carboxylic acids is 1. The van der Waals surface area contributed by atoms with Crippen molar-refractivity contribution in [3.05, 3.63) is 77.4 Å². The van der Waals surface area contributed by atoms with E-state index in [0.29, 0.717) is 32.5 Å². The van der Waals surface area contributed by atoms with Crippen molar-refractivity contribution in [2.45, 2.75) is 50.3 Å². The molecule has 0 aromatic heterocycles. The fourth-order valence-corrected chi connectivity index (χ4v) is 5.45. The molecule has 0 unspecified atom stereocenters. The first-order valence-electron chi connectivity index (χ1n) is 12.9. The Morgan fingerprint density at radius 1 is 0.973 bits per heavy atom. The van der Waals surface area contributed by atoms with Crippen molar-refractivity contribution >= 4 is 11.8 Å². The van der Waals surface area contributed by atoms with Crippen LogP contribution in [0.4, 0.5) is 18.0 Å². The van der Waals surface area contributed by atoms with E-state index in [1.54, 1.807) is 31.1 Å². The van der Waals surface area contributed by atoms with Crippen LogP contribution in [-0.4, -0.2) is 55.8 Å². The van der Waals surface area contributed by atoms with Crippen LogP contribution in [0.25, 0.3) is 5.70 Å². The monoisotopic (exact) mass is 516 g/mol. The van der Waals surface area contributed by atoms with Gasteiger partial charge in [-0.3, -0.25) is 0 Å². The molecule has 5 nitrogen and oxygen atoms in total. The lowest BCUT2D eigenvalue weighted by atomic mass is 9.83. The number of piperidine rings is 2. The lowest BCUT2D eigenvalue weighted by Gasteiger charge is -2.41. The van der Waals surface area contributed by atoms with Crippen LogP contribution in [0.3, 0.4) is 0 Å². The van der Waals surface area contributed by atoms with Gasteiger partial charge < -0.3 is 19.3 Å². The molecule has 2 aromatic rings. The van der Waals surface area contributed by atoms with Crippen LogP contribution in [0.15, 0.2) is 55.1 Å². The van der Waals surface area contributed by atoms with E-state index < -0.39 is 17.3 Å². The Kier molecular flexibility index (Phi) is 8.17. The molecule has 1 amide bonds. The molecule has 4 rings (SSSR count). The second kappa shape index (κ2) is 11.2. The summed E-state index contributed by atoms with van der Waals surface area (Å²) in [5, 5.41) is 0. The van der Waals surface area contributed by atoms with Crippen LogP contribution in [0.1, 0.15) is 60.8 Å². The van der Waals surface area contributed by atoms with E-state index in [2.05, 4.69) is 35.7 Å². The number of methoxy groups -OCH3 is 1. The molecule has 0 bridgehead atoms. The number of ether oxygens (including phenoxy) is 2. The standard InChI is InChI=1S/C29H35F3N2O3/c1-4-37-27(35)34-19-15-28(36-3,16-20-34)25-9-5-22(6-10-25)21(2)33-17-13-24(14-18-33)23-7-11-26(12-8-23)29(30,31)32/h5-12,24H,2,4,13-20H2,1,3H3.